The largest absolute Gasteiger partial charge is 0.497 e. The highest BCUT2D eigenvalue weighted by Gasteiger charge is 2.58. The van der Waals surface area contributed by atoms with E-state index >= 15 is 0 Å². The quantitative estimate of drug-likeness (QED) is 0.555. The first-order valence-electron chi connectivity index (χ1n) is 11.4. The molecule has 2 aromatic rings. The Bertz CT molecular complexity index is 950. The lowest BCUT2D eigenvalue weighted by Gasteiger charge is -2.30. The zero-order valence-corrected chi connectivity index (χ0v) is 19.5. The Morgan fingerprint density at radius 3 is 2.42 bits per heavy atom. The van der Waals surface area contributed by atoms with Gasteiger partial charge in [-0.15, -0.1) is 0 Å². The van der Waals surface area contributed by atoms with Crippen LogP contribution in [0.15, 0.2) is 54.6 Å². The van der Waals surface area contributed by atoms with Crippen LogP contribution in [0.2, 0.25) is 0 Å². The summed E-state index contributed by atoms with van der Waals surface area (Å²) >= 11 is 0. The van der Waals surface area contributed by atoms with Crippen molar-refractivity contribution in [2.75, 3.05) is 33.3 Å². The monoisotopic (exact) mass is 458 g/mol. The van der Waals surface area contributed by atoms with E-state index in [1.807, 2.05) is 78.2 Å². The molecule has 2 fully saturated rings. The van der Waals surface area contributed by atoms with Crippen LogP contribution in [0.4, 0.5) is 8.78 Å². The van der Waals surface area contributed by atoms with E-state index in [-0.39, 0.29) is 31.7 Å². The van der Waals surface area contributed by atoms with Crippen molar-refractivity contribution in [2.45, 2.75) is 39.0 Å². The lowest BCUT2D eigenvalue weighted by molar-refractivity contribution is -0.156. The molecule has 0 aliphatic carbocycles. The van der Waals surface area contributed by atoms with Crippen molar-refractivity contribution < 1.29 is 23.0 Å². The summed E-state index contributed by atoms with van der Waals surface area (Å²) < 4.78 is 40.3. The van der Waals surface area contributed by atoms with Crippen molar-refractivity contribution in [1.82, 2.24) is 9.80 Å². The lowest BCUT2D eigenvalue weighted by Crippen LogP contribution is -2.42. The standard InChI is InChI=1S/C26H32F2N2O3/c1-25(2,24(31)33-16-20-9-11-21(32-3)12-10-20)17-29-14-22-23(15-29)30(18-26(22,27)28)13-19-7-5-4-6-8-19/h4-12,22-23H,13-18H2,1-3H3. The number of fused-ring (bicyclic) bond motifs is 1. The van der Waals surface area contributed by atoms with Crippen LogP contribution in [0.3, 0.4) is 0 Å². The molecule has 5 nitrogen and oxygen atoms in total. The Balaban J connectivity index is 1.34. The van der Waals surface area contributed by atoms with E-state index in [2.05, 4.69) is 0 Å². The van der Waals surface area contributed by atoms with Gasteiger partial charge in [-0.3, -0.25) is 9.69 Å². The van der Waals surface area contributed by atoms with Gasteiger partial charge in [-0.05, 0) is 37.1 Å². The first-order valence-corrected chi connectivity index (χ1v) is 11.4. The third-order valence-corrected chi connectivity index (χ3v) is 6.72. The summed E-state index contributed by atoms with van der Waals surface area (Å²) in [6.45, 7) is 5.31. The van der Waals surface area contributed by atoms with Crippen molar-refractivity contribution in [3.63, 3.8) is 0 Å². The normalized spacial score (nSPS) is 22.8. The lowest BCUT2D eigenvalue weighted by atomic mass is 9.93. The highest BCUT2D eigenvalue weighted by molar-refractivity contribution is 5.76. The van der Waals surface area contributed by atoms with Crippen LogP contribution in [0, 0.1) is 11.3 Å². The Morgan fingerprint density at radius 1 is 1.06 bits per heavy atom. The van der Waals surface area contributed by atoms with E-state index in [4.69, 9.17) is 9.47 Å². The maximum Gasteiger partial charge on any atom is 0.313 e. The second-order valence-corrected chi connectivity index (χ2v) is 9.83. The third kappa shape index (κ3) is 5.36. The fourth-order valence-corrected chi connectivity index (χ4v) is 4.97. The van der Waals surface area contributed by atoms with Crippen molar-refractivity contribution in [3.05, 3.63) is 65.7 Å². The second-order valence-electron chi connectivity index (χ2n) is 9.83. The molecule has 0 saturated carbocycles. The summed E-state index contributed by atoms with van der Waals surface area (Å²) in [6.07, 6.45) is 0. The zero-order chi connectivity index (χ0) is 23.6. The number of benzene rings is 2. The van der Waals surface area contributed by atoms with Crippen LogP contribution in [-0.2, 0) is 22.7 Å². The molecule has 2 saturated heterocycles. The first kappa shape index (κ1) is 23.6. The Labute approximate surface area is 194 Å². The van der Waals surface area contributed by atoms with Crippen molar-refractivity contribution in [3.8, 4) is 5.75 Å². The van der Waals surface area contributed by atoms with Gasteiger partial charge < -0.3 is 14.4 Å². The Hall–Kier alpha value is -2.51. The number of hydrogen-bond donors (Lipinski definition) is 0. The van der Waals surface area contributed by atoms with Gasteiger partial charge in [0, 0.05) is 32.2 Å². The fourth-order valence-electron chi connectivity index (χ4n) is 4.97. The number of methoxy groups -OCH3 is 1. The highest BCUT2D eigenvalue weighted by atomic mass is 19.3. The number of ether oxygens (including phenoxy) is 2. The molecule has 2 aliphatic rings. The third-order valence-electron chi connectivity index (χ3n) is 6.72. The number of carbonyl (C=O) groups excluding carboxylic acids is 1. The zero-order valence-electron chi connectivity index (χ0n) is 19.5. The molecule has 2 aromatic carbocycles. The smallest absolute Gasteiger partial charge is 0.313 e. The van der Waals surface area contributed by atoms with E-state index in [0.29, 0.717) is 19.6 Å². The molecule has 33 heavy (non-hydrogen) atoms. The van der Waals surface area contributed by atoms with Gasteiger partial charge in [-0.1, -0.05) is 42.5 Å². The molecule has 0 N–H and O–H groups in total. The average molecular weight is 459 g/mol. The molecule has 2 unspecified atom stereocenters. The first-order chi connectivity index (χ1) is 15.7. The second kappa shape index (κ2) is 9.39. The Morgan fingerprint density at radius 2 is 1.76 bits per heavy atom. The van der Waals surface area contributed by atoms with Crippen LogP contribution in [0.25, 0.3) is 0 Å². The van der Waals surface area contributed by atoms with Gasteiger partial charge in [-0.25, -0.2) is 8.78 Å². The van der Waals surface area contributed by atoms with Gasteiger partial charge in [0.1, 0.15) is 12.4 Å². The van der Waals surface area contributed by atoms with E-state index in [1.54, 1.807) is 7.11 Å². The van der Waals surface area contributed by atoms with Crippen molar-refractivity contribution >= 4 is 5.97 Å². The number of hydrogen-bond acceptors (Lipinski definition) is 5. The van der Waals surface area contributed by atoms with Gasteiger partial charge in [-0.2, -0.15) is 0 Å². The summed E-state index contributed by atoms with van der Waals surface area (Å²) in [4.78, 5) is 16.7. The predicted octanol–water partition coefficient (Wildman–Crippen LogP) is 4.22. The minimum Gasteiger partial charge on any atom is -0.497 e. The molecule has 0 radical (unpaired) electrons. The molecule has 0 spiro atoms. The van der Waals surface area contributed by atoms with Gasteiger partial charge in [0.15, 0.2) is 0 Å². The predicted molar refractivity (Wildman–Crippen MR) is 122 cm³/mol. The van der Waals surface area contributed by atoms with Crippen LogP contribution in [0.5, 0.6) is 5.75 Å². The molecule has 2 aliphatic heterocycles. The van der Waals surface area contributed by atoms with Gasteiger partial charge >= 0.3 is 5.97 Å². The van der Waals surface area contributed by atoms with E-state index < -0.39 is 17.3 Å². The molecular weight excluding hydrogens is 426 g/mol. The number of esters is 1. The number of likely N-dealkylation sites (tertiary alicyclic amines) is 2. The fraction of sp³-hybridized carbons (Fsp3) is 0.500. The molecule has 0 amide bonds. The Kier molecular flexibility index (Phi) is 6.73. The number of carbonyl (C=O) groups is 1. The number of alkyl halides is 2. The summed E-state index contributed by atoms with van der Waals surface area (Å²) in [6, 6.07) is 16.9. The molecule has 2 atom stereocenters. The van der Waals surface area contributed by atoms with E-state index in [1.165, 1.54) is 0 Å². The van der Waals surface area contributed by atoms with Crippen LogP contribution in [-0.4, -0.2) is 61.0 Å². The van der Waals surface area contributed by atoms with Crippen molar-refractivity contribution in [1.29, 1.82) is 0 Å². The van der Waals surface area contributed by atoms with Gasteiger partial charge in [0.05, 0.1) is 25.0 Å². The molecule has 0 bridgehead atoms. The maximum absolute atomic E-state index is 14.8. The topological polar surface area (TPSA) is 42.0 Å². The molecule has 2 heterocycles. The number of nitrogens with zero attached hydrogens (tertiary/aromatic N) is 2. The molecular formula is C26H32F2N2O3. The number of halogens is 2. The van der Waals surface area contributed by atoms with Gasteiger partial charge in [0.2, 0.25) is 0 Å². The highest BCUT2D eigenvalue weighted by Crippen LogP contribution is 2.43. The minimum absolute atomic E-state index is 0.167. The van der Waals surface area contributed by atoms with Crippen molar-refractivity contribution in [2.24, 2.45) is 11.3 Å². The molecule has 178 valence electrons. The van der Waals surface area contributed by atoms with E-state index in [9.17, 15) is 13.6 Å². The maximum atomic E-state index is 14.8. The summed E-state index contributed by atoms with van der Waals surface area (Å²) in [7, 11) is 1.60. The minimum atomic E-state index is -2.73. The van der Waals surface area contributed by atoms with Crippen LogP contribution >= 0.6 is 0 Å². The number of rotatable bonds is 8. The summed E-state index contributed by atoms with van der Waals surface area (Å²) in [5.41, 5.74) is 1.10. The SMILES string of the molecule is COc1ccc(COC(=O)C(C)(C)CN2CC3C(C2)C(F)(F)CN3Cc2ccccc2)cc1. The average Bonchev–Trinajstić information content (AvgIpc) is 3.31. The van der Waals surface area contributed by atoms with Crippen LogP contribution < -0.4 is 4.74 Å². The van der Waals surface area contributed by atoms with Gasteiger partial charge in [0.25, 0.3) is 5.92 Å². The van der Waals surface area contributed by atoms with E-state index in [0.717, 1.165) is 16.9 Å². The molecule has 0 aromatic heterocycles. The molecule has 4 rings (SSSR count). The molecule has 7 heteroatoms. The summed E-state index contributed by atoms with van der Waals surface area (Å²) in [5.74, 6) is -3.04. The van der Waals surface area contributed by atoms with Crippen LogP contribution in [0.1, 0.15) is 25.0 Å². The summed E-state index contributed by atoms with van der Waals surface area (Å²) in [5, 5.41) is 0.